The Hall–Kier alpha value is -2.25. The lowest BCUT2D eigenvalue weighted by molar-refractivity contribution is -0.119. The molecule has 0 bridgehead atoms. The Morgan fingerprint density at radius 1 is 1.39 bits per heavy atom. The third-order valence-electron chi connectivity index (χ3n) is 4.26. The van der Waals surface area contributed by atoms with E-state index in [0.29, 0.717) is 29.2 Å². The summed E-state index contributed by atoms with van der Waals surface area (Å²) in [7, 11) is 0. The fraction of sp³-hybridized carbons (Fsp3) is 0.333. The Bertz CT molecular complexity index is 799. The number of benzene rings is 1. The van der Waals surface area contributed by atoms with E-state index in [0.717, 1.165) is 5.56 Å². The summed E-state index contributed by atoms with van der Waals surface area (Å²) in [6.07, 6.45) is 1.04. The molecule has 1 aromatic rings. The molecule has 1 aliphatic heterocycles. The lowest BCUT2D eigenvalue weighted by Gasteiger charge is -2.37. The van der Waals surface area contributed by atoms with E-state index in [4.69, 9.17) is 22.1 Å². The van der Waals surface area contributed by atoms with Crippen molar-refractivity contribution in [3.63, 3.8) is 0 Å². The summed E-state index contributed by atoms with van der Waals surface area (Å²) in [5.74, 6) is 0.141. The highest BCUT2D eigenvalue weighted by molar-refractivity contribution is 6.30. The van der Waals surface area contributed by atoms with E-state index in [-0.39, 0.29) is 22.7 Å². The van der Waals surface area contributed by atoms with Gasteiger partial charge in [-0.1, -0.05) is 37.6 Å². The van der Waals surface area contributed by atoms with Gasteiger partial charge < -0.3 is 10.5 Å². The number of nitrogens with zero attached hydrogens (tertiary/aromatic N) is 1. The summed E-state index contributed by atoms with van der Waals surface area (Å²) in [5, 5.41) is 10.1. The maximum absolute atomic E-state index is 12.7. The predicted molar refractivity (Wildman–Crippen MR) is 87.2 cm³/mol. The van der Waals surface area contributed by atoms with E-state index >= 15 is 0 Å². The van der Waals surface area contributed by atoms with Gasteiger partial charge in [0.05, 0.1) is 5.92 Å². The van der Waals surface area contributed by atoms with Gasteiger partial charge in [-0.05, 0) is 23.1 Å². The first kappa shape index (κ1) is 15.6. The highest BCUT2D eigenvalue weighted by Gasteiger charge is 2.42. The van der Waals surface area contributed by atoms with Gasteiger partial charge in [0.2, 0.25) is 5.88 Å². The number of rotatable bonds is 1. The van der Waals surface area contributed by atoms with Crippen LogP contribution in [-0.4, -0.2) is 5.78 Å². The van der Waals surface area contributed by atoms with Gasteiger partial charge >= 0.3 is 0 Å². The number of allylic oxidation sites excluding steroid dienone is 3. The molecular weight excluding hydrogens is 312 g/mol. The zero-order valence-corrected chi connectivity index (χ0v) is 13.8. The molecule has 1 atom stereocenters. The minimum atomic E-state index is -0.508. The number of nitrogens with two attached hydrogens (primary N) is 1. The molecule has 0 spiro atoms. The monoisotopic (exact) mass is 328 g/mol. The number of Topliss-reactive ketones (excluding diaryl/α,β-unsaturated/α-hetero) is 1. The van der Waals surface area contributed by atoms with Gasteiger partial charge in [0, 0.05) is 23.4 Å². The van der Waals surface area contributed by atoms with E-state index in [9.17, 15) is 10.1 Å². The molecule has 3 rings (SSSR count). The molecule has 118 valence electrons. The van der Waals surface area contributed by atoms with Crippen LogP contribution in [-0.2, 0) is 9.53 Å². The van der Waals surface area contributed by atoms with Crippen LogP contribution in [0.2, 0.25) is 5.02 Å². The third-order valence-corrected chi connectivity index (χ3v) is 4.49. The van der Waals surface area contributed by atoms with Crippen molar-refractivity contribution in [3.8, 4) is 6.07 Å². The summed E-state index contributed by atoms with van der Waals surface area (Å²) in [5.41, 5.74) is 7.35. The van der Waals surface area contributed by atoms with Crippen LogP contribution in [0, 0.1) is 16.7 Å². The Morgan fingerprint density at radius 3 is 2.78 bits per heavy atom. The Labute approximate surface area is 140 Å². The Balaban J connectivity index is 2.19. The van der Waals surface area contributed by atoms with Gasteiger partial charge in [-0.15, -0.1) is 0 Å². The molecule has 1 aromatic carbocycles. The molecule has 2 N–H and O–H groups in total. The van der Waals surface area contributed by atoms with Crippen molar-refractivity contribution < 1.29 is 9.53 Å². The largest absolute Gasteiger partial charge is 0.444 e. The highest BCUT2D eigenvalue weighted by atomic mass is 35.5. The zero-order chi connectivity index (χ0) is 16.8. The first-order valence-corrected chi connectivity index (χ1v) is 7.79. The van der Waals surface area contributed by atoms with Crippen LogP contribution in [0.5, 0.6) is 0 Å². The van der Waals surface area contributed by atoms with Gasteiger partial charge in [0.15, 0.2) is 5.78 Å². The number of hydrogen-bond acceptors (Lipinski definition) is 4. The number of carbonyl (C=O) groups excluding carboxylic acids is 1. The second kappa shape index (κ2) is 5.43. The van der Waals surface area contributed by atoms with Crippen molar-refractivity contribution in [2.75, 3.05) is 0 Å². The van der Waals surface area contributed by atoms with Crippen LogP contribution in [0.1, 0.15) is 38.2 Å². The summed E-state index contributed by atoms with van der Waals surface area (Å²) >= 11 is 6.09. The van der Waals surface area contributed by atoms with E-state index in [1.165, 1.54) is 0 Å². The van der Waals surface area contributed by atoms with Crippen molar-refractivity contribution in [2.45, 2.75) is 32.6 Å². The molecule has 0 unspecified atom stereocenters. The van der Waals surface area contributed by atoms with Crippen LogP contribution in [0.15, 0.2) is 47.1 Å². The summed E-state index contributed by atoms with van der Waals surface area (Å²) in [6, 6.07) is 9.27. The van der Waals surface area contributed by atoms with E-state index < -0.39 is 5.92 Å². The van der Waals surface area contributed by atoms with Crippen molar-refractivity contribution in [1.82, 2.24) is 0 Å². The number of carbonyl (C=O) groups is 1. The molecule has 4 nitrogen and oxygen atoms in total. The Kier molecular flexibility index (Phi) is 3.69. The lowest BCUT2D eigenvalue weighted by Crippen LogP contribution is -2.33. The molecule has 5 heteroatoms. The minimum absolute atomic E-state index is 0.00137. The second-order valence-corrected chi connectivity index (χ2v) is 7.19. The molecule has 1 heterocycles. The highest BCUT2D eigenvalue weighted by Crippen LogP contribution is 2.47. The first-order valence-electron chi connectivity index (χ1n) is 7.42. The minimum Gasteiger partial charge on any atom is -0.444 e. The summed E-state index contributed by atoms with van der Waals surface area (Å²) < 4.78 is 5.64. The van der Waals surface area contributed by atoms with Crippen molar-refractivity contribution >= 4 is 17.4 Å². The van der Waals surface area contributed by atoms with Crippen molar-refractivity contribution in [1.29, 1.82) is 5.26 Å². The number of ether oxygens (including phenoxy) is 1. The van der Waals surface area contributed by atoms with Gasteiger partial charge in [-0.2, -0.15) is 5.26 Å². The average molecular weight is 329 g/mol. The maximum atomic E-state index is 12.7. The first-order chi connectivity index (χ1) is 10.8. The van der Waals surface area contributed by atoms with E-state index in [1.807, 2.05) is 19.9 Å². The van der Waals surface area contributed by atoms with Gasteiger partial charge in [0.1, 0.15) is 17.4 Å². The van der Waals surface area contributed by atoms with E-state index in [2.05, 4.69) is 6.07 Å². The zero-order valence-electron chi connectivity index (χ0n) is 13.0. The van der Waals surface area contributed by atoms with Gasteiger partial charge in [0.25, 0.3) is 0 Å². The Morgan fingerprint density at radius 2 is 2.13 bits per heavy atom. The number of ketones is 1. The molecular formula is C18H17ClN2O2. The van der Waals surface area contributed by atoms with Crippen molar-refractivity contribution in [2.24, 2.45) is 11.1 Å². The molecule has 1 aliphatic carbocycles. The molecule has 0 fully saturated rings. The number of hydrogen-bond donors (Lipinski definition) is 1. The SMILES string of the molecule is CC1(C)CC(=O)C2=C(C1)OC(N)=C(C#N)[C@@H]2c1cccc(Cl)c1. The quantitative estimate of drug-likeness (QED) is 0.850. The number of nitriles is 1. The van der Waals surface area contributed by atoms with Crippen LogP contribution in [0.4, 0.5) is 0 Å². The van der Waals surface area contributed by atoms with E-state index in [1.54, 1.807) is 18.2 Å². The topological polar surface area (TPSA) is 76.1 Å². The number of halogens is 1. The summed E-state index contributed by atoms with van der Waals surface area (Å²) in [6.45, 7) is 4.04. The summed E-state index contributed by atoms with van der Waals surface area (Å²) in [4.78, 5) is 12.7. The standard InChI is InChI=1S/C18H17ClN2O2/c1-18(2)7-13(22)16-14(8-18)23-17(21)12(9-20)15(16)10-4-3-5-11(19)6-10/h3-6,15H,7-8,21H2,1-2H3/t15-/m0/s1. The average Bonchev–Trinajstić information content (AvgIpc) is 2.44. The fourth-order valence-corrected chi connectivity index (χ4v) is 3.50. The molecule has 0 aromatic heterocycles. The molecule has 0 amide bonds. The van der Waals surface area contributed by atoms with Crippen molar-refractivity contribution in [3.05, 3.63) is 57.6 Å². The third kappa shape index (κ3) is 2.73. The van der Waals surface area contributed by atoms with Gasteiger partial charge in [-0.3, -0.25) is 4.79 Å². The predicted octanol–water partition coefficient (Wildman–Crippen LogP) is 3.79. The lowest BCUT2D eigenvalue weighted by atomic mass is 9.70. The van der Waals surface area contributed by atoms with Crippen LogP contribution < -0.4 is 5.73 Å². The molecule has 2 aliphatic rings. The molecule has 0 saturated heterocycles. The molecule has 0 radical (unpaired) electrons. The maximum Gasteiger partial charge on any atom is 0.205 e. The van der Waals surface area contributed by atoms with Crippen LogP contribution in [0.25, 0.3) is 0 Å². The van der Waals surface area contributed by atoms with Crippen LogP contribution in [0.3, 0.4) is 0 Å². The smallest absolute Gasteiger partial charge is 0.205 e. The fourth-order valence-electron chi connectivity index (χ4n) is 3.30. The van der Waals surface area contributed by atoms with Crippen LogP contribution >= 0.6 is 11.6 Å². The normalized spacial score (nSPS) is 23.2. The molecule has 23 heavy (non-hydrogen) atoms. The molecule has 0 saturated carbocycles. The second-order valence-electron chi connectivity index (χ2n) is 6.76. The van der Waals surface area contributed by atoms with Gasteiger partial charge in [-0.25, -0.2) is 0 Å².